The Kier molecular flexibility index (Phi) is 12.0. The van der Waals surface area contributed by atoms with Gasteiger partial charge in [-0.2, -0.15) is 0 Å². The Morgan fingerprint density at radius 1 is 1.17 bits per heavy atom. The van der Waals surface area contributed by atoms with Crippen molar-refractivity contribution in [1.29, 1.82) is 0 Å². The van der Waals surface area contributed by atoms with Crippen molar-refractivity contribution in [2.24, 2.45) is 0 Å². The van der Waals surface area contributed by atoms with Gasteiger partial charge in [-0.25, -0.2) is 4.79 Å². The third-order valence-electron chi connectivity index (χ3n) is 2.57. The molecule has 0 unspecified atom stereocenters. The maximum absolute atomic E-state index is 11.2. The molecule has 0 fully saturated rings. The number of allylic oxidation sites excluding steroid dienone is 1. The number of esters is 1. The number of hydrogen-bond donors (Lipinski definition) is 1. The average molecular weight is 257 g/mol. The first-order valence-corrected chi connectivity index (χ1v) is 6.75. The summed E-state index contributed by atoms with van der Waals surface area (Å²) < 4.78 is 5.02. The molecular formula is C14H27NO3. The third kappa shape index (κ3) is 13.2. The van der Waals surface area contributed by atoms with Gasteiger partial charge in [0.2, 0.25) is 0 Å². The van der Waals surface area contributed by atoms with Crippen LogP contribution < -0.4 is 0 Å². The molecule has 106 valence electrons. The lowest BCUT2D eigenvalue weighted by Crippen LogP contribution is -2.19. The van der Waals surface area contributed by atoms with Crippen molar-refractivity contribution in [3.63, 3.8) is 0 Å². The predicted molar refractivity (Wildman–Crippen MR) is 73.4 cm³/mol. The van der Waals surface area contributed by atoms with E-state index in [9.17, 15) is 4.79 Å². The molecule has 0 aliphatic carbocycles. The fourth-order valence-corrected chi connectivity index (χ4v) is 1.46. The molecule has 0 bridgehead atoms. The highest BCUT2D eigenvalue weighted by atomic mass is 16.5. The van der Waals surface area contributed by atoms with E-state index < -0.39 is 0 Å². The fraction of sp³-hybridized carbons (Fsp3) is 0.786. The van der Waals surface area contributed by atoms with Gasteiger partial charge >= 0.3 is 5.97 Å². The number of aliphatic hydroxyl groups is 1. The van der Waals surface area contributed by atoms with Crippen LogP contribution in [-0.4, -0.2) is 49.8 Å². The minimum Gasteiger partial charge on any atom is -0.461 e. The largest absolute Gasteiger partial charge is 0.461 e. The molecule has 0 heterocycles. The Morgan fingerprint density at radius 3 is 2.50 bits per heavy atom. The lowest BCUT2D eigenvalue weighted by Gasteiger charge is -2.08. The highest BCUT2D eigenvalue weighted by molar-refractivity contribution is 5.81. The molecule has 1 N–H and O–H groups in total. The number of hydrogen-bond acceptors (Lipinski definition) is 4. The zero-order valence-electron chi connectivity index (χ0n) is 11.7. The third-order valence-corrected chi connectivity index (χ3v) is 2.57. The average Bonchev–Trinajstić information content (AvgIpc) is 2.32. The molecule has 0 radical (unpaired) electrons. The van der Waals surface area contributed by atoms with Gasteiger partial charge in [0.05, 0.1) is 0 Å². The van der Waals surface area contributed by atoms with Crippen LogP contribution in [0.4, 0.5) is 0 Å². The fourth-order valence-electron chi connectivity index (χ4n) is 1.46. The molecule has 0 aromatic carbocycles. The summed E-state index contributed by atoms with van der Waals surface area (Å²) in [6.45, 7) is 1.49. The van der Waals surface area contributed by atoms with Crippen LogP contribution >= 0.6 is 0 Å². The first-order chi connectivity index (χ1) is 8.66. The molecule has 4 nitrogen and oxygen atoms in total. The highest BCUT2D eigenvalue weighted by Crippen LogP contribution is 2.05. The second kappa shape index (κ2) is 12.6. The van der Waals surface area contributed by atoms with Crippen LogP contribution in [0.2, 0.25) is 0 Å². The van der Waals surface area contributed by atoms with Crippen LogP contribution in [0.15, 0.2) is 12.2 Å². The molecular weight excluding hydrogens is 230 g/mol. The summed E-state index contributed by atoms with van der Waals surface area (Å²) in [4.78, 5) is 13.2. The number of likely N-dealkylation sites (N-methyl/N-ethyl adjacent to an activating group) is 1. The second-order valence-electron chi connectivity index (χ2n) is 4.65. The highest BCUT2D eigenvalue weighted by Gasteiger charge is 1.96. The first-order valence-electron chi connectivity index (χ1n) is 6.75. The van der Waals surface area contributed by atoms with Crippen molar-refractivity contribution in [1.82, 2.24) is 4.90 Å². The molecule has 0 amide bonds. The van der Waals surface area contributed by atoms with Gasteiger partial charge in [-0.1, -0.05) is 25.3 Å². The summed E-state index contributed by atoms with van der Waals surface area (Å²) in [5.74, 6) is -0.253. The van der Waals surface area contributed by atoms with Crippen LogP contribution in [-0.2, 0) is 9.53 Å². The minimum absolute atomic E-state index is 0.253. The number of unbranched alkanes of at least 4 members (excludes halogenated alkanes) is 5. The van der Waals surface area contributed by atoms with Gasteiger partial charge in [0, 0.05) is 19.2 Å². The molecule has 0 rings (SSSR count). The Hall–Kier alpha value is -0.870. The minimum atomic E-state index is -0.253. The number of carbonyl (C=O) groups is 1. The number of nitrogens with zero attached hydrogens (tertiary/aromatic N) is 1. The molecule has 0 aliphatic rings. The van der Waals surface area contributed by atoms with Crippen molar-refractivity contribution in [3.05, 3.63) is 12.2 Å². The topological polar surface area (TPSA) is 49.8 Å². The number of ether oxygens (including phenoxy) is 1. The Morgan fingerprint density at radius 2 is 1.83 bits per heavy atom. The Bertz CT molecular complexity index is 227. The van der Waals surface area contributed by atoms with Gasteiger partial charge < -0.3 is 14.7 Å². The smallest absolute Gasteiger partial charge is 0.330 e. The molecule has 0 saturated heterocycles. The second-order valence-corrected chi connectivity index (χ2v) is 4.65. The van der Waals surface area contributed by atoms with Gasteiger partial charge in [-0.05, 0) is 33.4 Å². The molecule has 0 aromatic heterocycles. The summed E-state index contributed by atoms with van der Waals surface area (Å²) in [6, 6.07) is 0. The molecule has 0 spiro atoms. The predicted octanol–water partition coefficient (Wildman–Crippen LogP) is 1.98. The quantitative estimate of drug-likeness (QED) is 0.349. The van der Waals surface area contributed by atoms with Gasteiger partial charge in [0.1, 0.15) is 6.61 Å². The molecule has 0 aliphatic heterocycles. The Balaban J connectivity index is 3.32. The van der Waals surface area contributed by atoms with Crippen LogP contribution in [0.1, 0.15) is 38.5 Å². The van der Waals surface area contributed by atoms with E-state index in [-0.39, 0.29) is 5.97 Å². The SMILES string of the molecule is CN(C)CCOC(=O)/C=C/CCCCCCCO. The molecule has 0 aromatic rings. The molecule has 4 heteroatoms. The van der Waals surface area contributed by atoms with E-state index in [4.69, 9.17) is 9.84 Å². The summed E-state index contributed by atoms with van der Waals surface area (Å²) >= 11 is 0. The van der Waals surface area contributed by atoms with E-state index in [2.05, 4.69) is 0 Å². The van der Waals surface area contributed by atoms with Gasteiger partial charge in [0.25, 0.3) is 0 Å². The van der Waals surface area contributed by atoms with Crippen molar-refractivity contribution in [2.45, 2.75) is 38.5 Å². The maximum atomic E-state index is 11.2. The van der Waals surface area contributed by atoms with Gasteiger partial charge in [-0.3, -0.25) is 0 Å². The molecule has 0 atom stereocenters. The van der Waals surface area contributed by atoms with E-state index >= 15 is 0 Å². The molecule has 0 saturated carbocycles. The summed E-state index contributed by atoms with van der Waals surface area (Å²) in [7, 11) is 3.89. The van der Waals surface area contributed by atoms with Crippen LogP contribution in [0.3, 0.4) is 0 Å². The monoisotopic (exact) mass is 257 g/mol. The van der Waals surface area contributed by atoms with Crippen LogP contribution in [0.25, 0.3) is 0 Å². The number of carbonyl (C=O) groups excluding carboxylic acids is 1. The lowest BCUT2D eigenvalue weighted by atomic mass is 10.1. The zero-order valence-corrected chi connectivity index (χ0v) is 11.7. The summed E-state index contributed by atoms with van der Waals surface area (Å²) in [5.41, 5.74) is 0. The van der Waals surface area contributed by atoms with E-state index in [1.54, 1.807) is 0 Å². The van der Waals surface area contributed by atoms with Crippen molar-refractivity contribution in [2.75, 3.05) is 33.9 Å². The summed E-state index contributed by atoms with van der Waals surface area (Å²) in [6.07, 6.45) is 9.70. The van der Waals surface area contributed by atoms with Gasteiger partial charge in [-0.15, -0.1) is 0 Å². The molecule has 18 heavy (non-hydrogen) atoms. The van der Waals surface area contributed by atoms with E-state index in [0.29, 0.717) is 13.2 Å². The van der Waals surface area contributed by atoms with E-state index in [0.717, 1.165) is 45.1 Å². The van der Waals surface area contributed by atoms with Crippen molar-refractivity contribution >= 4 is 5.97 Å². The van der Waals surface area contributed by atoms with Crippen molar-refractivity contribution < 1.29 is 14.6 Å². The van der Waals surface area contributed by atoms with Gasteiger partial charge in [0.15, 0.2) is 0 Å². The Labute approximate surface area is 111 Å². The van der Waals surface area contributed by atoms with E-state index in [1.807, 2.05) is 25.1 Å². The normalized spacial score (nSPS) is 11.3. The van der Waals surface area contributed by atoms with E-state index in [1.165, 1.54) is 6.08 Å². The lowest BCUT2D eigenvalue weighted by molar-refractivity contribution is -0.138. The first kappa shape index (κ1) is 17.1. The zero-order chi connectivity index (χ0) is 13.6. The van der Waals surface area contributed by atoms with Crippen LogP contribution in [0, 0.1) is 0 Å². The number of rotatable bonds is 11. The number of aliphatic hydroxyl groups excluding tert-OH is 1. The van der Waals surface area contributed by atoms with Crippen molar-refractivity contribution in [3.8, 4) is 0 Å². The standard InChI is InChI=1S/C14H27NO3/c1-15(2)11-13-18-14(17)10-8-6-4-3-5-7-9-12-16/h8,10,16H,3-7,9,11-13H2,1-2H3/b10-8+. The maximum Gasteiger partial charge on any atom is 0.330 e. The summed E-state index contributed by atoms with van der Waals surface area (Å²) in [5, 5.41) is 8.61. The van der Waals surface area contributed by atoms with Crippen LogP contribution in [0.5, 0.6) is 0 Å².